The van der Waals surface area contributed by atoms with E-state index >= 15 is 0 Å². The molecule has 146 valence electrons. The number of fused-ring (bicyclic) bond motifs is 3. The molecule has 1 aromatic carbocycles. The lowest BCUT2D eigenvalue weighted by Gasteiger charge is -2.26. The molecular formula is C23H27N3O2. The first-order valence-electron chi connectivity index (χ1n) is 9.86. The minimum Gasteiger partial charge on any atom is -0.481 e. The molecule has 1 aliphatic rings. The van der Waals surface area contributed by atoms with E-state index in [9.17, 15) is 9.90 Å². The number of benzene rings is 1. The summed E-state index contributed by atoms with van der Waals surface area (Å²) in [4.78, 5) is 18.3. The van der Waals surface area contributed by atoms with Gasteiger partial charge in [-0.1, -0.05) is 17.7 Å². The normalized spacial score (nSPS) is 15.5. The van der Waals surface area contributed by atoms with E-state index in [1.54, 1.807) is 0 Å². The zero-order valence-electron chi connectivity index (χ0n) is 16.8. The van der Waals surface area contributed by atoms with Crippen LogP contribution in [0, 0.1) is 13.8 Å². The van der Waals surface area contributed by atoms with Crippen molar-refractivity contribution in [2.75, 3.05) is 13.6 Å². The van der Waals surface area contributed by atoms with E-state index in [1.807, 2.05) is 25.3 Å². The van der Waals surface area contributed by atoms with Crippen LogP contribution in [0.15, 0.2) is 36.5 Å². The minimum atomic E-state index is -0.774. The van der Waals surface area contributed by atoms with Crippen molar-refractivity contribution in [1.29, 1.82) is 0 Å². The summed E-state index contributed by atoms with van der Waals surface area (Å²) in [5.74, 6) is -0.886. The highest BCUT2D eigenvalue weighted by molar-refractivity contribution is 5.86. The second-order valence-electron chi connectivity index (χ2n) is 8.07. The summed E-state index contributed by atoms with van der Waals surface area (Å²) in [6, 6.07) is 10.6. The molecule has 0 bridgehead atoms. The number of carboxylic acids is 1. The van der Waals surface area contributed by atoms with Crippen LogP contribution in [0.4, 0.5) is 0 Å². The van der Waals surface area contributed by atoms with Crippen molar-refractivity contribution in [3.63, 3.8) is 0 Å². The predicted molar refractivity (Wildman–Crippen MR) is 111 cm³/mol. The van der Waals surface area contributed by atoms with Gasteiger partial charge in [-0.3, -0.25) is 9.78 Å². The monoisotopic (exact) mass is 377 g/mol. The average Bonchev–Trinajstić information content (AvgIpc) is 2.94. The fourth-order valence-electron chi connectivity index (χ4n) is 4.34. The number of pyridine rings is 1. The highest BCUT2D eigenvalue weighted by Crippen LogP contribution is 2.34. The van der Waals surface area contributed by atoms with Crippen LogP contribution in [0.1, 0.15) is 40.4 Å². The Bertz CT molecular complexity index is 1020. The fourth-order valence-corrected chi connectivity index (χ4v) is 4.34. The summed E-state index contributed by atoms with van der Waals surface area (Å²) in [6.45, 7) is 6.68. The van der Waals surface area contributed by atoms with E-state index in [1.165, 1.54) is 27.7 Å². The van der Waals surface area contributed by atoms with Gasteiger partial charge in [-0.2, -0.15) is 0 Å². The van der Waals surface area contributed by atoms with Crippen molar-refractivity contribution in [2.24, 2.45) is 0 Å². The third kappa shape index (κ3) is 3.54. The quantitative estimate of drug-likeness (QED) is 0.733. The van der Waals surface area contributed by atoms with E-state index in [2.05, 4.69) is 46.6 Å². The molecule has 5 nitrogen and oxygen atoms in total. The second kappa shape index (κ2) is 7.40. The van der Waals surface area contributed by atoms with Crippen molar-refractivity contribution in [3.05, 3.63) is 64.6 Å². The van der Waals surface area contributed by atoms with E-state index in [4.69, 9.17) is 0 Å². The molecule has 0 saturated heterocycles. The molecule has 0 aliphatic carbocycles. The van der Waals surface area contributed by atoms with Crippen LogP contribution in [0.2, 0.25) is 0 Å². The number of hydrogen-bond acceptors (Lipinski definition) is 3. The number of aromatic nitrogens is 2. The predicted octanol–water partition coefficient (Wildman–Crippen LogP) is 3.90. The summed E-state index contributed by atoms with van der Waals surface area (Å²) < 4.78 is 2.35. The summed E-state index contributed by atoms with van der Waals surface area (Å²) in [5, 5.41) is 10.8. The number of aryl methyl sites for hydroxylation is 2. The van der Waals surface area contributed by atoms with Crippen LogP contribution in [-0.4, -0.2) is 39.1 Å². The molecule has 0 spiro atoms. The van der Waals surface area contributed by atoms with Crippen molar-refractivity contribution in [2.45, 2.75) is 45.7 Å². The SMILES string of the molecule is Cc1ccc2c(c1)c1c(n2CC(CC(=O)O)c2ccc(C)nc2)CN(C)CC1. The third-order valence-corrected chi connectivity index (χ3v) is 5.83. The maximum absolute atomic E-state index is 11.6. The maximum Gasteiger partial charge on any atom is 0.304 e. The van der Waals surface area contributed by atoms with E-state index in [-0.39, 0.29) is 12.3 Å². The zero-order valence-corrected chi connectivity index (χ0v) is 16.8. The minimum absolute atomic E-state index is 0.0981. The number of nitrogens with zero attached hydrogens (tertiary/aromatic N) is 3. The van der Waals surface area contributed by atoms with Gasteiger partial charge >= 0.3 is 5.97 Å². The van der Waals surface area contributed by atoms with Crippen LogP contribution in [0.5, 0.6) is 0 Å². The summed E-state index contributed by atoms with van der Waals surface area (Å²) >= 11 is 0. The summed E-state index contributed by atoms with van der Waals surface area (Å²) in [7, 11) is 2.15. The van der Waals surface area contributed by atoms with E-state index < -0.39 is 5.97 Å². The molecule has 4 rings (SSSR count). The van der Waals surface area contributed by atoms with Gasteiger partial charge in [0.1, 0.15) is 0 Å². The van der Waals surface area contributed by atoms with Gasteiger partial charge in [-0.05, 0) is 56.6 Å². The Morgan fingerprint density at radius 2 is 2.07 bits per heavy atom. The molecule has 3 aromatic rings. The number of likely N-dealkylation sites (N-methyl/N-ethyl adjacent to an activating group) is 1. The Balaban J connectivity index is 1.81. The molecule has 1 N–H and O–H groups in total. The standard InChI is InChI=1S/C23H27N3O2/c1-15-4-7-21-20(10-15)19-8-9-25(3)14-22(19)26(21)13-18(11-23(27)28)17-6-5-16(2)24-12-17/h4-7,10,12,18H,8-9,11,13-14H2,1-3H3,(H,27,28). The number of aliphatic carboxylic acids is 1. The molecule has 5 heteroatoms. The maximum atomic E-state index is 11.6. The number of hydrogen-bond donors (Lipinski definition) is 1. The lowest BCUT2D eigenvalue weighted by atomic mass is 9.96. The van der Waals surface area contributed by atoms with Crippen LogP contribution in [0.3, 0.4) is 0 Å². The molecule has 0 fully saturated rings. The molecular weight excluding hydrogens is 350 g/mol. The topological polar surface area (TPSA) is 58.4 Å². The highest BCUT2D eigenvalue weighted by Gasteiger charge is 2.25. The molecule has 3 heterocycles. The molecule has 28 heavy (non-hydrogen) atoms. The molecule has 2 aromatic heterocycles. The first-order chi connectivity index (χ1) is 13.4. The molecule has 1 atom stereocenters. The first kappa shape index (κ1) is 18.7. The van der Waals surface area contributed by atoms with Crippen LogP contribution < -0.4 is 0 Å². The molecule has 1 aliphatic heterocycles. The third-order valence-electron chi connectivity index (χ3n) is 5.83. The lowest BCUT2D eigenvalue weighted by Crippen LogP contribution is -2.28. The van der Waals surface area contributed by atoms with Gasteiger partial charge in [0, 0.05) is 54.0 Å². The Morgan fingerprint density at radius 1 is 1.25 bits per heavy atom. The second-order valence-corrected chi connectivity index (χ2v) is 8.07. The zero-order chi connectivity index (χ0) is 19.8. The van der Waals surface area contributed by atoms with E-state index in [0.717, 1.165) is 30.8 Å². The van der Waals surface area contributed by atoms with Crippen molar-refractivity contribution >= 4 is 16.9 Å². The Kier molecular flexibility index (Phi) is 4.94. The van der Waals surface area contributed by atoms with Crippen molar-refractivity contribution in [1.82, 2.24) is 14.5 Å². The Labute approximate surface area is 165 Å². The average molecular weight is 377 g/mol. The van der Waals surface area contributed by atoms with Gasteiger partial charge in [-0.15, -0.1) is 0 Å². The summed E-state index contributed by atoms with van der Waals surface area (Å²) in [5.41, 5.74) is 7.15. The van der Waals surface area contributed by atoms with Gasteiger partial charge in [0.2, 0.25) is 0 Å². The van der Waals surface area contributed by atoms with Gasteiger partial charge in [-0.25, -0.2) is 0 Å². The van der Waals surface area contributed by atoms with Crippen molar-refractivity contribution in [3.8, 4) is 0 Å². The summed E-state index contributed by atoms with van der Waals surface area (Å²) in [6.07, 6.45) is 2.96. The van der Waals surface area contributed by atoms with Crippen LogP contribution in [0.25, 0.3) is 10.9 Å². The number of carboxylic acid groups (broad SMARTS) is 1. The van der Waals surface area contributed by atoms with Gasteiger partial charge in [0.05, 0.1) is 6.42 Å². The van der Waals surface area contributed by atoms with Gasteiger partial charge in [0.15, 0.2) is 0 Å². The lowest BCUT2D eigenvalue weighted by molar-refractivity contribution is -0.137. The Hall–Kier alpha value is -2.66. The molecule has 0 amide bonds. The van der Waals surface area contributed by atoms with Crippen molar-refractivity contribution < 1.29 is 9.90 Å². The van der Waals surface area contributed by atoms with E-state index in [0.29, 0.717) is 6.54 Å². The highest BCUT2D eigenvalue weighted by atomic mass is 16.4. The van der Waals surface area contributed by atoms with Crippen LogP contribution >= 0.6 is 0 Å². The Morgan fingerprint density at radius 3 is 2.79 bits per heavy atom. The van der Waals surface area contributed by atoms with Gasteiger partial charge in [0.25, 0.3) is 0 Å². The number of rotatable bonds is 5. The molecule has 0 saturated carbocycles. The molecule has 0 radical (unpaired) electrons. The first-order valence-corrected chi connectivity index (χ1v) is 9.86. The fraction of sp³-hybridized carbons (Fsp3) is 0.391. The molecule has 1 unspecified atom stereocenters. The van der Waals surface area contributed by atoms with Gasteiger partial charge < -0.3 is 14.6 Å². The van der Waals surface area contributed by atoms with Crippen LogP contribution in [-0.2, 0) is 24.3 Å². The smallest absolute Gasteiger partial charge is 0.304 e. The number of carbonyl (C=O) groups is 1. The largest absolute Gasteiger partial charge is 0.481 e.